The highest BCUT2D eigenvalue weighted by Gasteiger charge is 2.63. The Morgan fingerprint density at radius 3 is 2.54 bits per heavy atom. The number of fused-ring (bicyclic) bond motifs is 3. The standard InChI is InChI=1S/C24H29N3O8/c1-4-35-26-9-10-5-6-14(28)16-12(10)7-11-8-13-18(27(2)3)20(30)17(23(25)33)22(32)24(13,34)21(31)15(11)19(16)29/h5-6,11,13,18,26,28,30-31,34H,4,7-9H2,1-3H3,(H2,25,33)/t11-,13-,18-,24-/m0/s1. The lowest BCUT2D eigenvalue weighted by molar-refractivity contribution is -0.148. The van der Waals surface area contributed by atoms with E-state index >= 15 is 0 Å². The van der Waals surface area contributed by atoms with Crippen molar-refractivity contribution in [3.63, 3.8) is 0 Å². The Morgan fingerprint density at radius 2 is 1.94 bits per heavy atom. The number of rotatable bonds is 6. The molecule has 1 aromatic carbocycles. The topological polar surface area (TPSA) is 183 Å². The number of Topliss-reactive ketones (excluding diaryl/α,β-unsaturated/α-hetero) is 2. The highest BCUT2D eigenvalue weighted by Crippen LogP contribution is 2.52. The molecule has 11 nitrogen and oxygen atoms in total. The number of likely N-dealkylation sites (N-methyl/N-ethyl adjacent to an activating group) is 1. The zero-order valence-corrected chi connectivity index (χ0v) is 19.7. The third-order valence-corrected chi connectivity index (χ3v) is 7.21. The normalized spacial score (nSPS) is 28.2. The molecule has 35 heavy (non-hydrogen) atoms. The van der Waals surface area contributed by atoms with Crippen LogP contribution in [0.1, 0.15) is 34.8 Å². The quantitative estimate of drug-likeness (QED) is 0.184. The van der Waals surface area contributed by atoms with Gasteiger partial charge in [0.2, 0.25) is 5.78 Å². The number of primary amides is 1. The van der Waals surface area contributed by atoms with Crippen LogP contribution in [0.5, 0.6) is 5.75 Å². The maximum atomic E-state index is 13.6. The van der Waals surface area contributed by atoms with Gasteiger partial charge in [-0.15, -0.1) is 0 Å². The van der Waals surface area contributed by atoms with Crippen LogP contribution in [0.3, 0.4) is 0 Å². The van der Waals surface area contributed by atoms with Gasteiger partial charge in [0.25, 0.3) is 5.91 Å². The monoisotopic (exact) mass is 487 g/mol. The number of nitrogens with two attached hydrogens (primary N) is 1. The first kappa shape index (κ1) is 24.9. The van der Waals surface area contributed by atoms with Gasteiger partial charge in [0.1, 0.15) is 22.8 Å². The molecule has 4 atom stereocenters. The van der Waals surface area contributed by atoms with Gasteiger partial charge >= 0.3 is 0 Å². The molecule has 1 amide bonds. The van der Waals surface area contributed by atoms with E-state index in [1.807, 2.05) is 6.92 Å². The Balaban J connectivity index is 1.89. The minimum Gasteiger partial charge on any atom is -0.510 e. The number of benzene rings is 1. The molecule has 3 aliphatic rings. The number of aliphatic hydroxyl groups is 3. The molecule has 0 fully saturated rings. The van der Waals surface area contributed by atoms with Crippen LogP contribution in [0.15, 0.2) is 34.8 Å². The predicted octanol–water partition coefficient (Wildman–Crippen LogP) is 0.162. The zero-order valence-electron chi connectivity index (χ0n) is 19.7. The van der Waals surface area contributed by atoms with Crippen molar-refractivity contribution in [2.24, 2.45) is 17.6 Å². The number of hydrogen-bond acceptors (Lipinski definition) is 10. The van der Waals surface area contributed by atoms with E-state index in [2.05, 4.69) is 5.48 Å². The van der Waals surface area contributed by atoms with Crippen LogP contribution in [0.2, 0.25) is 0 Å². The third-order valence-electron chi connectivity index (χ3n) is 7.21. The van der Waals surface area contributed by atoms with Crippen LogP contribution in [0, 0.1) is 11.8 Å². The fourth-order valence-electron chi connectivity index (χ4n) is 5.71. The Morgan fingerprint density at radius 1 is 1.26 bits per heavy atom. The van der Waals surface area contributed by atoms with Crippen LogP contribution >= 0.6 is 0 Å². The number of carbonyl (C=O) groups is 3. The first-order chi connectivity index (χ1) is 16.5. The number of hydroxylamine groups is 1. The number of phenolic OH excluding ortho intramolecular Hbond substituents is 1. The van der Waals surface area contributed by atoms with Gasteiger partial charge in [-0.2, -0.15) is 5.48 Å². The van der Waals surface area contributed by atoms with E-state index in [-0.39, 0.29) is 36.3 Å². The number of hydrogen-bond donors (Lipinski definition) is 6. The molecule has 3 aliphatic carbocycles. The number of nitrogens with one attached hydrogen (secondary N) is 1. The molecule has 188 valence electrons. The molecule has 0 aliphatic heterocycles. The second-order valence-corrected chi connectivity index (χ2v) is 9.31. The Hall–Kier alpha value is -3.25. The number of aromatic hydroxyl groups is 1. The summed E-state index contributed by atoms with van der Waals surface area (Å²) < 4.78 is 0. The fourth-order valence-corrected chi connectivity index (χ4v) is 5.71. The summed E-state index contributed by atoms with van der Waals surface area (Å²) in [6, 6.07) is 2.00. The van der Waals surface area contributed by atoms with Crippen molar-refractivity contribution in [1.29, 1.82) is 0 Å². The van der Waals surface area contributed by atoms with Crippen molar-refractivity contribution < 1.29 is 39.6 Å². The van der Waals surface area contributed by atoms with Crippen LogP contribution in [0.25, 0.3) is 0 Å². The number of nitrogens with zero attached hydrogens (tertiary/aromatic N) is 1. The second kappa shape index (κ2) is 8.76. The van der Waals surface area contributed by atoms with E-state index in [0.29, 0.717) is 17.7 Å². The average Bonchev–Trinajstić information content (AvgIpc) is 2.77. The van der Waals surface area contributed by atoms with Crippen molar-refractivity contribution in [2.45, 2.75) is 38.0 Å². The zero-order chi connectivity index (χ0) is 25.8. The molecule has 0 radical (unpaired) electrons. The summed E-state index contributed by atoms with van der Waals surface area (Å²) >= 11 is 0. The molecule has 0 spiro atoms. The minimum atomic E-state index is -2.64. The van der Waals surface area contributed by atoms with Gasteiger partial charge in [-0.1, -0.05) is 6.07 Å². The van der Waals surface area contributed by atoms with Crippen LogP contribution < -0.4 is 11.2 Å². The molecule has 0 saturated carbocycles. The van der Waals surface area contributed by atoms with Crippen LogP contribution in [-0.2, 0) is 27.4 Å². The van der Waals surface area contributed by atoms with E-state index in [1.54, 1.807) is 20.2 Å². The van der Waals surface area contributed by atoms with Crippen molar-refractivity contribution >= 4 is 17.5 Å². The lowest BCUT2D eigenvalue weighted by Crippen LogP contribution is -2.63. The van der Waals surface area contributed by atoms with Crippen molar-refractivity contribution in [1.82, 2.24) is 10.4 Å². The number of ketones is 2. The first-order valence-electron chi connectivity index (χ1n) is 11.3. The number of amides is 1. The Kier molecular flexibility index (Phi) is 6.22. The molecule has 0 bridgehead atoms. The Bertz CT molecular complexity index is 1190. The molecule has 0 saturated heterocycles. The van der Waals surface area contributed by atoms with E-state index in [4.69, 9.17) is 10.6 Å². The van der Waals surface area contributed by atoms with Gasteiger partial charge in [-0.25, -0.2) is 0 Å². The molecular weight excluding hydrogens is 458 g/mol. The summed E-state index contributed by atoms with van der Waals surface area (Å²) in [5.41, 5.74) is 5.70. The summed E-state index contributed by atoms with van der Waals surface area (Å²) in [7, 11) is 3.17. The SMILES string of the molecule is CCONCc1ccc(O)c2c1C[C@H]1C[C@H]3[C@H](N(C)C)C(O)=C(C(N)=O)C(=O)[C@@]3(O)C(O)=C1C2=O. The molecule has 7 N–H and O–H groups in total. The smallest absolute Gasteiger partial charge is 0.255 e. The lowest BCUT2D eigenvalue weighted by Gasteiger charge is -2.50. The largest absolute Gasteiger partial charge is 0.510 e. The second-order valence-electron chi connectivity index (χ2n) is 9.31. The van der Waals surface area contributed by atoms with Crippen molar-refractivity contribution in [2.75, 3.05) is 20.7 Å². The number of aliphatic hydroxyl groups excluding tert-OH is 2. The molecule has 4 rings (SSSR count). The van der Waals surface area contributed by atoms with E-state index in [9.17, 15) is 34.8 Å². The van der Waals surface area contributed by atoms with Crippen LogP contribution in [-0.4, -0.2) is 75.1 Å². The highest BCUT2D eigenvalue weighted by molar-refractivity contribution is 6.24. The number of allylic oxidation sites excluding steroid dienone is 1. The summed E-state index contributed by atoms with van der Waals surface area (Å²) in [6.45, 7) is 2.50. The summed E-state index contributed by atoms with van der Waals surface area (Å²) in [4.78, 5) is 45.5. The fraction of sp³-hybridized carbons (Fsp3) is 0.458. The van der Waals surface area contributed by atoms with E-state index < -0.39 is 58.0 Å². The number of phenols is 1. The summed E-state index contributed by atoms with van der Waals surface area (Å²) in [6.07, 6.45) is 0.270. The predicted molar refractivity (Wildman–Crippen MR) is 122 cm³/mol. The van der Waals surface area contributed by atoms with Gasteiger partial charge in [0.05, 0.1) is 18.2 Å². The lowest BCUT2D eigenvalue weighted by atomic mass is 9.58. The Labute approximate surface area is 201 Å². The van der Waals surface area contributed by atoms with Crippen molar-refractivity contribution in [3.8, 4) is 5.75 Å². The van der Waals surface area contributed by atoms with Gasteiger partial charge in [-0.05, 0) is 57.0 Å². The molecule has 11 heteroatoms. The van der Waals surface area contributed by atoms with Gasteiger partial charge in [0.15, 0.2) is 11.4 Å². The molecule has 1 aromatic rings. The molecule has 0 unspecified atom stereocenters. The van der Waals surface area contributed by atoms with Crippen molar-refractivity contribution in [3.05, 3.63) is 51.5 Å². The molecular formula is C24H29N3O8. The van der Waals surface area contributed by atoms with Gasteiger partial charge < -0.3 is 31.0 Å². The van der Waals surface area contributed by atoms with Gasteiger partial charge in [0, 0.05) is 18.0 Å². The highest BCUT2D eigenvalue weighted by atomic mass is 16.6. The van der Waals surface area contributed by atoms with E-state index in [0.717, 1.165) is 0 Å². The van der Waals surface area contributed by atoms with Crippen LogP contribution in [0.4, 0.5) is 0 Å². The third kappa shape index (κ3) is 3.54. The maximum Gasteiger partial charge on any atom is 0.255 e. The van der Waals surface area contributed by atoms with Gasteiger partial charge in [-0.3, -0.25) is 19.3 Å². The average molecular weight is 488 g/mol. The minimum absolute atomic E-state index is 0.0263. The molecule has 0 aromatic heterocycles. The first-order valence-corrected chi connectivity index (χ1v) is 11.3. The molecule has 0 heterocycles. The maximum absolute atomic E-state index is 13.6. The van der Waals surface area contributed by atoms with E-state index in [1.165, 1.54) is 11.0 Å². The summed E-state index contributed by atoms with van der Waals surface area (Å²) in [5.74, 6) is -6.68. The number of carbonyl (C=O) groups excluding carboxylic acids is 3. The summed E-state index contributed by atoms with van der Waals surface area (Å²) in [5, 5.41) is 44.1.